The predicted molar refractivity (Wildman–Crippen MR) is 81.5 cm³/mol. The summed E-state index contributed by atoms with van der Waals surface area (Å²) in [5.41, 5.74) is -1.84. The highest BCUT2D eigenvalue weighted by atomic mass is 19.4. The van der Waals surface area contributed by atoms with Crippen molar-refractivity contribution >= 4 is 11.5 Å². The molecule has 25 heavy (non-hydrogen) atoms. The molecule has 0 saturated heterocycles. The molecule has 2 aliphatic heterocycles. The van der Waals surface area contributed by atoms with Crippen LogP contribution in [0.25, 0.3) is 5.57 Å². The molecule has 1 aromatic heterocycles. The first-order valence-electron chi connectivity index (χ1n) is 7.65. The van der Waals surface area contributed by atoms with Gasteiger partial charge in [0, 0.05) is 24.8 Å². The molecule has 9 heteroatoms. The van der Waals surface area contributed by atoms with Gasteiger partial charge in [-0.1, -0.05) is 12.1 Å². The van der Waals surface area contributed by atoms with Crippen molar-refractivity contribution in [3.63, 3.8) is 0 Å². The summed E-state index contributed by atoms with van der Waals surface area (Å²) in [5, 5.41) is 6.01. The Labute approximate surface area is 141 Å². The average molecular weight is 355 g/mol. The molecule has 1 atom stereocenters. The maximum Gasteiger partial charge on any atom is 0.431 e. The number of halogens is 3. The number of aromatic nitrogens is 1. The van der Waals surface area contributed by atoms with Gasteiger partial charge >= 0.3 is 6.18 Å². The van der Waals surface area contributed by atoms with Gasteiger partial charge in [0.25, 0.3) is 5.91 Å². The van der Waals surface area contributed by atoms with Gasteiger partial charge in [0.2, 0.25) is 0 Å². The highest BCUT2D eigenvalue weighted by Crippen LogP contribution is 2.36. The van der Waals surface area contributed by atoms with Crippen LogP contribution in [0.1, 0.15) is 24.8 Å². The first-order chi connectivity index (χ1) is 11.8. The van der Waals surface area contributed by atoms with Gasteiger partial charge in [-0.2, -0.15) is 13.2 Å². The fraction of sp³-hybridized carbons (Fsp3) is 0.375. The van der Waals surface area contributed by atoms with Gasteiger partial charge in [-0.05, 0) is 12.5 Å². The number of nitrogens with one attached hydrogen (secondary N) is 1. The van der Waals surface area contributed by atoms with Crippen molar-refractivity contribution in [2.24, 2.45) is 0 Å². The van der Waals surface area contributed by atoms with E-state index in [2.05, 4.69) is 10.5 Å². The number of alkyl halides is 3. The SMILES string of the molecule is CCCc1cc(C2=C(C(F)(F)F)NC3C=C(OC)C=CN3C2=O)no1. The summed E-state index contributed by atoms with van der Waals surface area (Å²) in [7, 11) is 1.40. The Kier molecular flexibility index (Phi) is 4.32. The average Bonchev–Trinajstić information content (AvgIpc) is 3.02. The minimum Gasteiger partial charge on any atom is -0.497 e. The molecular formula is C16H16F3N3O3. The van der Waals surface area contributed by atoms with Gasteiger partial charge in [0.05, 0.1) is 12.7 Å². The van der Waals surface area contributed by atoms with Crippen molar-refractivity contribution in [3.05, 3.63) is 47.3 Å². The highest BCUT2D eigenvalue weighted by molar-refractivity contribution is 6.21. The number of hydrogen-bond donors (Lipinski definition) is 1. The number of hydrogen-bond acceptors (Lipinski definition) is 5. The third kappa shape index (κ3) is 3.13. The van der Waals surface area contributed by atoms with Crippen LogP contribution >= 0.6 is 0 Å². The van der Waals surface area contributed by atoms with Crippen LogP contribution in [0.5, 0.6) is 0 Å². The Morgan fingerprint density at radius 2 is 2.20 bits per heavy atom. The topological polar surface area (TPSA) is 67.6 Å². The number of aryl methyl sites for hydroxylation is 1. The lowest BCUT2D eigenvalue weighted by atomic mass is 10.0. The molecule has 0 fully saturated rings. The summed E-state index contributed by atoms with van der Waals surface area (Å²) in [4.78, 5) is 13.9. The summed E-state index contributed by atoms with van der Waals surface area (Å²) in [6.45, 7) is 1.90. The van der Waals surface area contributed by atoms with E-state index in [9.17, 15) is 18.0 Å². The van der Waals surface area contributed by atoms with E-state index >= 15 is 0 Å². The number of methoxy groups -OCH3 is 1. The van der Waals surface area contributed by atoms with E-state index < -0.39 is 29.5 Å². The molecule has 0 aromatic carbocycles. The van der Waals surface area contributed by atoms with Crippen LogP contribution in [0.15, 0.2) is 40.4 Å². The van der Waals surface area contributed by atoms with Gasteiger partial charge in [-0.3, -0.25) is 9.69 Å². The quantitative estimate of drug-likeness (QED) is 0.900. The molecular weight excluding hydrogens is 339 g/mol. The van der Waals surface area contributed by atoms with Gasteiger partial charge in [-0.15, -0.1) is 0 Å². The van der Waals surface area contributed by atoms with Crippen molar-refractivity contribution in [1.29, 1.82) is 0 Å². The lowest BCUT2D eigenvalue weighted by Gasteiger charge is -2.37. The summed E-state index contributed by atoms with van der Waals surface area (Å²) >= 11 is 0. The number of allylic oxidation sites excluding steroid dienone is 2. The zero-order valence-electron chi connectivity index (χ0n) is 13.6. The second-order valence-corrected chi connectivity index (χ2v) is 5.57. The maximum absolute atomic E-state index is 13.5. The van der Waals surface area contributed by atoms with Gasteiger partial charge in [0.1, 0.15) is 29.1 Å². The van der Waals surface area contributed by atoms with Crippen LogP contribution in [0.4, 0.5) is 13.2 Å². The molecule has 0 radical (unpaired) electrons. The molecule has 0 aliphatic carbocycles. The Balaban J connectivity index is 2.08. The van der Waals surface area contributed by atoms with Crippen molar-refractivity contribution in [1.82, 2.24) is 15.4 Å². The first kappa shape index (κ1) is 17.1. The number of rotatable bonds is 4. The van der Waals surface area contributed by atoms with E-state index in [1.165, 1.54) is 31.5 Å². The molecule has 2 aliphatic rings. The van der Waals surface area contributed by atoms with Crippen molar-refractivity contribution in [2.45, 2.75) is 32.1 Å². The molecule has 1 unspecified atom stereocenters. The zero-order valence-corrected chi connectivity index (χ0v) is 13.6. The van der Waals surface area contributed by atoms with Gasteiger partial charge in [0.15, 0.2) is 0 Å². The lowest BCUT2D eigenvalue weighted by Crippen LogP contribution is -2.53. The van der Waals surface area contributed by atoms with E-state index in [1.807, 2.05) is 6.92 Å². The molecule has 0 saturated carbocycles. The zero-order chi connectivity index (χ0) is 18.2. The minimum atomic E-state index is -4.75. The van der Waals surface area contributed by atoms with Crippen LogP contribution in [-0.2, 0) is 16.0 Å². The van der Waals surface area contributed by atoms with E-state index in [4.69, 9.17) is 9.26 Å². The van der Waals surface area contributed by atoms with Crippen LogP contribution < -0.4 is 5.32 Å². The van der Waals surface area contributed by atoms with E-state index in [1.54, 1.807) is 0 Å². The summed E-state index contributed by atoms with van der Waals surface area (Å²) in [6, 6.07) is 1.37. The maximum atomic E-state index is 13.5. The fourth-order valence-electron chi connectivity index (χ4n) is 2.69. The normalized spacial score (nSPS) is 20.4. The van der Waals surface area contributed by atoms with Gasteiger partial charge < -0.3 is 14.6 Å². The molecule has 1 aromatic rings. The molecule has 134 valence electrons. The Bertz CT molecular complexity index is 777. The number of fused-ring (bicyclic) bond motifs is 1. The highest BCUT2D eigenvalue weighted by Gasteiger charge is 2.46. The first-order valence-corrected chi connectivity index (χ1v) is 7.65. The van der Waals surface area contributed by atoms with Crippen molar-refractivity contribution in [2.75, 3.05) is 7.11 Å². The van der Waals surface area contributed by atoms with Crippen LogP contribution in [-0.4, -0.2) is 35.4 Å². The van der Waals surface area contributed by atoms with Crippen LogP contribution in [0.3, 0.4) is 0 Å². The Morgan fingerprint density at radius 1 is 1.44 bits per heavy atom. The molecule has 1 amide bonds. The summed E-state index contributed by atoms with van der Waals surface area (Å²) in [6.07, 6.45) is -0.205. The fourth-order valence-corrected chi connectivity index (χ4v) is 2.69. The van der Waals surface area contributed by atoms with Crippen molar-refractivity contribution < 1.29 is 27.2 Å². The Morgan fingerprint density at radius 3 is 2.84 bits per heavy atom. The third-order valence-electron chi connectivity index (χ3n) is 3.84. The van der Waals surface area contributed by atoms with E-state index in [0.29, 0.717) is 17.9 Å². The van der Waals surface area contributed by atoms with Crippen LogP contribution in [0.2, 0.25) is 0 Å². The predicted octanol–water partition coefficient (Wildman–Crippen LogP) is 2.72. The van der Waals surface area contributed by atoms with Crippen molar-refractivity contribution in [3.8, 4) is 0 Å². The second-order valence-electron chi connectivity index (χ2n) is 5.57. The van der Waals surface area contributed by atoms with E-state index in [0.717, 1.165) is 11.3 Å². The lowest BCUT2D eigenvalue weighted by molar-refractivity contribution is -0.129. The number of carbonyl (C=O) groups is 1. The summed E-state index contributed by atoms with van der Waals surface area (Å²) < 4.78 is 50.6. The third-order valence-corrected chi connectivity index (χ3v) is 3.84. The molecule has 1 N–H and O–H groups in total. The van der Waals surface area contributed by atoms with E-state index in [-0.39, 0.29) is 5.69 Å². The number of ether oxygens (including phenoxy) is 1. The smallest absolute Gasteiger partial charge is 0.431 e. The summed E-state index contributed by atoms with van der Waals surface area (Å²) in [5.74, 6) is -0.0227. The van der Waals surface area contributed by atoms with Crippen LogP contribution in [0, 0.1) is 0 Å². The molecule has 3 rings (SSSR count). The number of amides is 1. The molecule has 0 spiro atoms. The minimum absolute atomic E-state index is 0.137. The molecule has 6 nitrogen and oxygen atoms in total. The molecule has 3 heterocycles. The Hall–Kier alpha value is -2.71. The number of carbonyl (C=O) groups excluding carboxylic acids is 1. The standard InChI is InChI=1S/C16H16F3N3O3/c1-3-4-10-7-11(21-25-10)13-14(16(17,18)19)20-12-8-9(24-2)5-6-22(12)15(13)23/h5-8,12,20H,3-4H2,1-2H3. The second kappa shape index (κ2) is 6.30. The van der Waals surface area contributed by atoms with Gasteiger partial charge in [-0.25, -0.2) is 0 Å². The largest absolute Gasteiger partial charge is 0.497 e. The number of nitrogens with zero attached hydrogens (tertiary/aromatic N) is 2. The monoisotopic (exact) mass is 355 g/mol. The molecule has 0 bridgehead atoms.